The highest BCUT2D eigenvalue weighted by molar-refractivity contribution is 6.05. The first-order valence-corrected chi connectivity index (χ1v) is 6.41. The molecule has 102 valence electrons. The number of nitrogens with zero attached hydrogens (tertiary/aromatic N) is 1. The van der Waals surface area contributed by atoms with Crippen LogP contribution in [-0.2, 0) is 9.53 Å². The summed E-state index contributed by atoms with van der Waals surface area (Å²) in [4.78, 5) is 27.3. The molecule has 0 bridgehead atoms. The Labute approximate surface area is 117 Å². The summed E-state index contributed by atoms with van der Waals surface area (Å²) in [6.07, 6.45) is 1.24. The van der Waals surface area contributed by atoms with Crippen molar-refractivity contribution in [3.63, 3.8) is 0 Å². The lowest BCUT2D eigenvalue weighted by Gasteiger charge is -2.03. The van der Waals surface area contributed by atoms with E-state index in [1.165, 1.54) is 6.20 Å². The zero-order chi connectivity index (χ0) is 14.4. The van der Waals surface area contributed by atoms with Crippen molar-refractivity contribution in [1.29, 1.82) is 0 Å². The third-order valence-corrected chi connectivity index (χ3v) is 2.77. The van der Waals surface area contributed by atoms with Gasteiger partial charge >= 0.3 is 5.97 Å². The molecule has 0 fully saturated rings. The maximum absolute atomic E-state index is 11.8. The van der Waals surface area contributed by atoms with E-state index in [4.69, 9.17) is 4.74 Å². The number of hydrogen-bond acceptors (Lipinski definition) is 4. The number of benzene rings is 1. The molecule has 0 unspecified atom stereocenters. The van der Waals surface area contributed by atoms with Crippen LogP contribution < -0.4 is 0 Å². The van der Waals surface area contributed by atoms with Gasteiger partial charge in [0.2, 0.25) is 0 Å². The van der Waals surface area contributed by atoms with Crippen LogP contribution in [0, 0.1) is 0 Å². The van der Waals surface area contributed by atoms with Crippen molar-refractivity contribution < 1.29 is 14.3 Å². The van der Waals surface area contributed by atoms with Crippen LogP contribution in [0.2, 0.25) is 0 Å². The lowest BCUT2D eigenvalue weighted by atomic mass is 10.1. The summed E-state index contributed by atoms with van der Waals surface area (Å²) < 4.78 is 4.75. The lowest BCUT2D eigenvalue weighted by molar-refractivity contribution is -0.141. The van der Waals surface area contributed by atoms with Crippen molar-refractivity contribution in [3.8, 4) is 11.3 Å². The number of rotatable bonds is 5. The van der Waals surface area contributed by atoms with Crippen LogP contribution in [-0.4, -0.2) is 23.3 Å². The summed E-state index contributed by atoms with van der Waals surface area (Å²) in [6.45, 7) is 1.98. The Kier molecular flexibility index (Phi) is 4.60. The van der Waals surface area contributed by atoms with E-state index in [-0.39, 0.29) is 18.8 Å². The fourth-order valence-electron chi connectivity index (χ4n) is 1.78. The SMILES string of the molecule is CCOC(=O)CC(=O)c1ccc(-c2ccccc2)nc1. The molecule has 0 N–H and O–H groups in total. The highest BCUT2D eigenvalue weighted by atomic mass is 16.5. The normalized spacial score (nSPS) is 10.1. The van der Waals surface area contributed by atoms with E-state index in [0.717, 1.165) is 11.3 Å². The van der Waals surface area contributed by atoms with Gasteiger partial charge in [-0.1, -0.05) is 30.3 Å². The summed E-state index contributed by atoms with van der Waals surface area (Å²) in [5, 5.41) is 0. The van der Waals surface area contributed by atoms with Gasteiger partial charge < -0.3 is 4.74 Å². The Morgan fingerprint density at radius 2 is 1.85 bits per heavy atom. The third-order valence-electron chi connectivity index (χ3n) is 2.77. The molecule has 0 radical (unpaired) electrons. The van der Waals surface area contributed by atoms with Gasteiger partial charge in [-0.15, -0.1) is 0 Å². The van der Waals surface area contributed by atoms with Crippen LogP contribution in [0.4, 0.5) is 0 Å². The van der Waals surface area contributed by atoms with Crippen LogP contribution >= 0.6 is 0 Å². The Morgan fingerprint density at radius 1 is 1.10 bits per heavy atom. The van der Waals surface area contributed by atoms with E-state index >= 15 is 0 Å². The average Bonchev–Trinajstić information content (AvgIpc) is 2.48. The van der Waals surface area contributed by atoms with Gasteiger partial charge in [0.05, 0.1) is 12.3 Å². The number of Topliss-reactive ketones (excluding diaryl/α,β-unsaturated/α-hetero) is 1. The number of esters is 1. The van der Waals surface area contributed by atoms with Crippen LogP contribution in [0.3, 0.4) is 0 Å². The van der Waals surface area contributed by atoms with Gasteiger partial charge in [0.15, 0.2) is 5.78 Å². The number of ketones is 1. The number of carbonyl (C=O) groups is 2. The molecule has 1 aromatic carbocycles. The van der Waals surface area contributed by atoms with Gasteiger partial charge in [-0.05, 0) is 19.1 Å². The van der Waals surface area contributed by atoms with Crippen LogP contribution in [0.1, 0.15) is 23.7 Å². The minimum atomic E-state index is -0.510. The third kappa shape index (κ3) is 3.51. The first kappa shape index (κ1) is 13.9. The van der Waals surface area contributed by atoms with Crippen LogP contribution in [0.15, 0.2) is 48.7 Å². The van der Waals surface area contributed by atoms with Gasteiger partial charge in [-0.2, -0.15) is 0 Å². The topological polar surface area (TPSA) is 56.3 Å². The monoisotopic (exact) mass is 269 g/mol. The van der Waals surface area contributed by atoms with Crippen molar-refractivity contribution in [1.82, 2.24) is 4.98 Å². The fraction of sp³-hybridized carbons (Fsp3) is 0.188. The van der Waals surface area contributed by atoms with Crippen LogP contribution in [0.5, 0.6) is 0 Å². The summed E-state index contributed by atoms with van der Waals surface area (Å²) >= 11 is 0. The van der Waals surface area contributed by atoms with Gasteiger partial charge in [0, 0.05) is 17.3 Å². The van der Waals surface area contributed by atoms with Crippen molar-refractivity contribution in [2.75, 3.05) is 6.61 Å². The van der Waals surface area contributed by atoms with Gasteiger partial charge in [-0.25, -0.2) is 0 Å². The zero-order valence-corrected chi connectivity index (χ0v) is 11.2. The van der Waals surface area contributed by atoms with Crippen molar-refractivity contribution >= 4 is 11.8 Å². The second-order valence-electron chi connectivity index (χ2n) is 4.20. The summed E-state index contributed by atoms with van der Waals surface area (Å²) in [6, 6.07) is 13.1. The average molecular weight is 269 g/mol. The van der Waals surface area contributed by atoms with E-state index in [1.807, 2.05) is 30.3 Å². The maximum atomic E-state index is 11.8. The van der Waals surface area contributed by atoms with E-state index in [9.17, 15) is 9.59 Å². The number of pyridine rings is 1. The first-order valence-electron chi connectivity index (χ1n) is 6.41. The quantitative estimate of drug-likeness (QED) is 0.476. The van der Waals surface area contributed by atoms with Crippen molar-refractivity contribution in [2.24, 2.45) is 0 Å². The molecule has 0 atom stereocenters. The molecule has 0 saturated heterocycles. The first-order chi connectivity index (χ1) is 9.70. The number of ether oxygens (including phenoxy) is 1. The molecule has 0 aliphatic heterocycles. The van der Waals surface area contributed by atoms with E-state index in [2.05, 4.69) is 4.98 Å². The van der Waals surface area contributed by atoms with Crippen molar-refractivity contribution in [2.45, 2.75) is 13.3 Å². The molecule has 1 aromatic heterocycles. The second-order valence-corrected chi connectivity index (χ2v) is 4.20. The molecule has 0 aliphatic carbocycles. The smallest absolute Gasteiger partial charge is 0.313 e. The van der Waals surface area contributed by atoms with Gasteiger partial charge in [0.25, 0.3) is 0 Å². The minimum absolute atomic E-state index is 0.250. The molecule has 0 spiro atoms. The number of carbonyl (C=O) groups excluding carboxylic acids is 2. The largest absolute Gasteiger partial charge is 0.466 e. The molecule has 0 amide bonds. The maximum Gasteiger partial charge on any atom is 0.313 e. The predicted octanol–water partition coefficient (Wildman–Crippen LogP) is 2.88. The summed E-state index contributed by atoms with van der Waals surface area (Å²) in [5.74, 6) is -0.791. The Morgan fingerprint density at radius 3 is 2.45 bits per heavy atom. The van der Waals surface area contributed by atoms with E-state index in [0.29, 0.717) is 5.56 Å². The standard InChI is InChI=1S/C16H15NO3/c1-2-20-16(19)10-15(18)13-8-9-14(17-11-13)12-6-4-3-5-7-12/h3-9,11H,2,10H2,1H3. The molecule has 2 aromatic rings. The zero-order valence-electron chi connectivity index (χ0n) is 11.2. The highest BCUT2D eigenvalue weighted by Crippen LogP contribution is 2.16. The Bertz CT molecular complexity index is 591. The molecule has 20 heavy (non-hydrogen) atoms. The van der Waals surface area contributed by atoms with Gasteiger partial charge in [0.1, 0.15) is 6.42 Å². The molecule has 4 nitrogen and oxygen atoms in total. The van der Waals surface area contributed by atoms with Gasteiger partial charge in [-0.3, -0.25) is 14.6 Å². The predicted molar refractivity (Wildman–Crippen MR) is 75.3 cm³/mol. The molecule has 4 heteroatoms. The molecular formula is C16H15NO3. The fourth-order valence-corrected chi connectivity index (χ4v) is 1.78. The van der Waals surface area contributed by atoms with Crippen molar-refractivity contribution in [3.05, 3.63) is 54.2 Å². The molecule has 0 saturated carbocycles. The summed E-state index contributed by atoms with van der Waals surface area (Å²) in [5.41, 5.74) is 2.19. The Balaban J connectivity index is 2.08. The van der Waals surface area contributed by atoms with E-state index < -0.39 is 5.97 Å². The Hall–Kier alpha value is -2.49. The molecular weight excluding hydrogens is 254 g/mol. The molecule has 0 aliphatic rings. The van der Waals surface area contributed by atoms with E-state index in [1.54, 1.807) is 19.1 Å². The molecule has 1 heterocycles. The second kappa shape index (κ2) is 6.61. The molecule has 2 rings (SSSR count). The lowest BCUT2D eigenvalue weighted by Crippen LogP contribution is -2.11. The highest BCUT2D eigenvalue weighted by Gasteiger charge is 2.13. The number of aromatic nitrogens is 1. The number of hydrogen-bond donors (Lipinski definition) is 0. The van der Waals surface area contributed by atoms with Crippen LogP contribution in [0.25, 0.3) is 11.3 Å². The summed E-state index contributed by atoms with van der Waals surface area (Å²) in [7, 11) is 0. The minimum Gasteiger partial charge on any atom is -0.466 e.